The molecule has 0 bridgehead atoms. The molecule has 1 rings (SSSR count). The maximum absolute atomic E-state index is 11.7. The average molecular weight is 251 g/mol. The number of hydrogen-bond donors (Lipinski definition) is 4. The van der Waals surface area contributed by atoms with Gasteiger partial charge in [0, 0.05) is 5.69 Å². The van der Waals surface area contributed by atoms with Crippen LogP contribution < -0.4 is 16.8 Å². The van der Waals surface area contributed by atoms with E-state index in [4.69, 9.17) is 11.5 Å². The summed E-state index contributed by atoms with van der Waals surface area (Å²) < 4.78 is 0. The van der Waals surface area contributed by atoms with E-state index in [0.29, 0.717) is 31.4 Å². The molecule has 6 heteroatoms. The molecule has 18 heavy (non-hydrogen) atoms. The largest absolute Gasteiger partial charge is 0.507 e. The van der Waals surface area contributed by atoms with E-state index in [1.165, 1.54) is 18.2 Å². The highest BCUT2D eigenvalue weighted by atomic mass is 16.3. The lowest BCUT2D eigenvalue weighted by Gasteiger charge is -2.12. The van der Waals surface area contributed by atoms with E-state index in [1.807, 2.05) is 0 Å². The molecule has 1 amide bonds. The number of carbonyl (C=O) groups is 2. The highest BCUT2D eigenvalue weighted by Crippen LogP contribution is 2.19. The van der Waals surface area contributed by atoms with E-state index >= 15 is 0 Å². The topological polar surface area (TPSA) is 118 Å². The number of nitrogens with two attached hydrogens (primary N) is 2. The number of benzene rings is 1. The van der Waals surface area contributed by atoms with Crippen LogP contribution in [0, 0.1) is 0 Å². The number of carbonyl (C=O) groups excluding carboxylic acids is 2. The van der Waals surface area contributed by atoms with Crippen LogP contribution in [-0.4, -0.2) is 29.9 Å². The van der Waals surface area contributed by atoms with Gasteiger partial charge in [0.2, 0.25) is 5.91 Å². The molecule has 0 saturated heterocycles. The van der Waals surface area contributed by atoms with Gasteiger partial charge in [-0.3, -0.25) is 9.59 Å². The van der Waals surface area contributed by atoms with Gasteiger partial charge in [-0.05, 0) is 37.6 Å². The van der Waals surface area contributed by atoms with E-state index < -0.39 is 6.04 Å². The van der Waals surface area contributed by atoms with Gasteiger partial charge >= 0.3 is 0 Å². The summed E-state index contributed by atoms with van der Waals surface area (Å²) >= 11 is 0. The molecular formula is C12H17N3O3. The van der Waals surface area contributed by atoms with Gasteiger partial charge in [-0.1, -0.05) is 0 Å². The Bertz CT molecular complexity index is 435. The molecule has 0 saturated carbocycles. The van der Waals surface area contributed by atoms with Gasteiger partial charge in [0.1, 0.15) is 5.75 Å². The van der Waals surface area contributed by atoms with Gasteiger partial charge in [-0.15, -0.1) is 0 Å². The van der Waals surface area contributed by atoms with Crippen molar-refractivity contribution in [2.75, 3.05) is 11.9 Å². The van der Waals surface area contributed by atoms with Crippen molar-refractivity contribution in [2.24, 2.45) is 11.5 Å². The number of nitrogens with one attached hydrogen (secondary N) is 1. The molecule has 0 aromatic heterocycles. The first kappa shape index (κ1) is 14.1. The zero-order chi connectivity index (χ0) is 13.5. The van der Waals surface area contributed by atoms with Gasteiger partial charge in [0.15, 0.2) is 6.29 Å². The van der Waals surface area contributed by atoms with E-state index in [-0.39, 0.29) is 17.2 Å². The number of phenolic OH excluding ortho intramolecular Hbond substituents is 1. The SMILES string of the molecule is NCCCC(N)C(=O)Nc1ccc(O)c(C=O)c1. The Kier molecular flexibility index (Phi) is 5.29. The van der Waals surface area contributed by atoms with E-state index in [0.717, 1.165) is 0 Å². The van der Waals surface area contributed by atoms with Gasteiger partial charge in [-0.2, -0.15) is 0 Å². The van der Waals surface area contributed by atoms with Crippen molar-refractivity contribution in [2.45, 2.75) is 18.9 Å². The van der Waals surface area contributed by atoms with Crippen molar-refractivity contribution in [1.29, 1.82) is 0 Å². The third kappa shape index (κ3) is 3.83. The monoisotopic (exact) mass is 251 g/mol. The van der Waals surface area contributed by atoms with E-state index in [1.54, 1.807) is 0 Å². The molecule has 0 fully saturated rings. The summed E-state index contributed by atoms with van der Waals surface area (Å²) in [4.78, 5) is 22.3. The Morgan fingerprint density at radius 1 is 1.50 bits per heavy atom. The first-order valence-electron chi connectivity index (χ1n) is 5.63. The van der Waals surface area contributed by atoms with Gasteiger partial charge in [0.25, 0.3) is 0 Å². The predicted molar refractivity (Wildman–Crippen MR) is 68.4 cm³/mol. The standard InChI is InChI=1S/C12H17N3O3/c13-5-1-2-10(14)12(18)15-9-3-4-11(17)8(6-9)7-16/h3-4,6-7,10,17H,1-2,5,13-14H2,(H,15,18). The molecule has 98 valence electrons. The Balaban J connectivity index is 2.67. The number of anilines is 1. The average Bonchev–Trinajstić information content (AvgIpc) is 2.37. The first-order valence-corrected chi connectivity index (χ1v) is 5.63. The summed E-state index contributed by atoms with van der Waals surface area (Å²) in [6.07, 6.45) is 1.68. The lowest BCUT2D eigenvalue weighted by molar-refractivity contribution is -0.117. The van der Waals surface area contributed by atoms with Crippen molar-refractivity contribution in [3.05, 3.63) is 23.8 Å². The van der Waals surface area contributed by atoms with Crippen molar-refractivity contribution in [3.63, 3.8) is 0 Å². The molecule has 1 aromatic rings. The minimum absolute atomic E-state index is 0.114. The maximum Gasteiger partial charge on any atom is 0.241 e. The molecule has 0 radical (unpaired) electrons. The van der Waals surface area contributed by atoms with Crippen LogP contribution >= 0.6 is 0 Å². The minimum Gasteiger partial charge on any atom is -0.507 e. The molecule has 1 atom stereocenters. The lowest BCUT2D eigenvalue weighted by atomic mass is 10.1. The van der Waals surface area contributed by atoms with Crippen LogP contribution in [0.15, 0.2) is 18.2 Å². The van der Waals surface area contributed by atoms with E-state index in [2.05, 4.69) is 5.32 Å². The number of phenols is 1. The molecule has 0 aliphatic rings. The molecule has 1 aromatic carbocycles. The molecule has 1 unspecified atom stereocenters. The predicted octanol–water partition coefficient (Wildman–Crippen LogP) is 0.209. The summed E-state index contributed by atoms with van der Waals surface area (Å²) in [5.74, 6) is -0.471. The van der Waals surface area contributed by atoms with Gasteiger partial charge < -0.3 is 21.9 Å². The molecule has 0 spiro atoms. The van der Waals surface area contributed by atoms with Crippen molar-refractivity contribution in [3.8, 4) is 5.75 Å². The van der Waals surface area contributed by atoms with Crippen LogP contribution in [-0.2, 0) is 4.79 Å². The number of hydrogen-bond acceptors (Lipinski definition) is 5. The summed E-state index contributed by atoms with van der Waals surface area (Å²) in [5.41, 5.74) is 11.5. The fourth-order valence-corrected chi connectivity index (χ4v) is 1.43. The van der Waals surface area contributed by atoms with Crippen molar-refractivity contribution >= 4 is 17.9 Å². The van der Waals surface area contributed by atoms with Crippen LogP contribution in [0.3, 0.4) is 0 Å². The summed E-state index contributed by atoms with van der Waals surface area (Å²) in [5, 5.41) is 11.9. The van der Waals surface area contributed by atoms with Crippen molar-refractivity contribution in [1.82, 2.24) is 0 Å². The van der Waals surface area contributed by atoms with E-state index in [9.17, 15) is 14.7 Å². The maximum atomic E-state index is 11.7. The third-order valence-corrected chi connectivity index (χ3v) is 2.48. The fourth-order valence-electron chi connectivity index (χ4n) is 1.43. The zero-order valence-electron chi connectivity index (χ0n) is 9.93. The molecule has 0 aliphatic heterocycles. The van der Waals surface area contributed by atoms with Gasteiger partial charge in [0.05, 0.1) is 11.6 Å². The van der Waals surface area contributed by atoms with Crippen LogP contribution in [0.5, 0.6) is 5.75 Å². The summed E-state index contributed by atoms with van der Waals surface area (Å²) in [7, 11) is 0. The number of aromatic hydroxyl groups is 1. The molecule has 6 nitrogen and oxygen atoms in total. The Hall–Kier alpha value is -1.92. The number of rotatable bonds is 6. The summed E-state index contributed by atoms with van der Waals surface area (Å²) in [6, 6.07) is 3.58. The Morgan fingerprint density at radius 2 is 2.22 bits per heavy atom. The van der Waals surface area contributed by atoms with Crippen molar-refractivity contribution < 1.29 is 14.7 Å². The second-order valence-corrected chi connectivity index (χ2v) is 3.92. The van der Waals surface area contributed by atoms with Crippen LogP contribution in [0.2, 0.25) is 0 Å². The third-order valence-electron chi connectivity index (χ3n) is 2.48. The second-order valence-electron chi connectivity index (χ2n) is 3.92. The smallest absolute Gasteiger partial charge is 0.241 e. The fraction of sp³-hybridized carbons (Fsp3) is 0.333. The normalized spacial score (nSPS) is 11.9. The lowest BCUT2D eigenvalue weighted by Crippen LogP contribution is -2.36. The van der Waals surface area contributed by atoms with Crippen LogP contribution in [0.25, 0.3) is 0 Å². The van der Waals surface area contributed by atoms with Crippen LogP contribution in [0.1, 0.15) is 23.2 Å². The highest BCUT2D eigenvalue weighted by Gasteiger charge is 2.13. The molecule has 0 heterocycles. The van der Waals surface area contributed by atoms with Crippen LogP contribution in [0.4, 0.5) is 5.69 Å². The zero-order valence-corrected chi connectivity index (χ0v) is 9.93. The molecule has 0 aliphatic carbocycles. The molecule has 6 N–H and O–H groups in total. The number of aldehydes is 1. The molecular weight excluding hydrogens is 234 g/mol. The Labute approximate surface area is 105 Å². The first-order chi connectivity index (χ1) is 8.58. The summed E-state index contributed by atoms with van der Waals surface area (Å²) in [6.45, 7) is 0.482. The minimum atomic E-state index is -0.637. The number of amides is 1. The highest BCUT2D eigenvalue weighted by molar-refractivity contribution is 5.95. The quantitative estimate of drug-likeness (QED) is 0.425. The second kappa shape index (κ2) is 6.73. The Morgan fingerprint density at radius 3 is 2.83 bits per heavy atom. The van der Waals surface area contributed by atoms with Gasteiger partial charge in [-0.25, -0.2) is 0 Å².